The molecule has 0 radical (unpaired) electrons. The first-order valence-electron chi connectivity index (χ1n) is 4.85. The van der Waals surface area contributed by atoms with Crippen molar-refractivity contribution >= 4 is 18.1 Å². The highest BCUT2D eigenvalue weighted by atomic mass is 16.4. The van der Waals surface area contributed by atoms with Gasteiger partial charge in [-0.15, -0.1) is 0 Å². The van der Waals surface area contributed by atoms with E-state index in [1.165, 1.54) is 19.1 Å². The number of carbonyl (C=O) groups is 1. The van der Waals surface area contributed by atoms with Gasteiger partial charge in [-0.05, 0) is 33.1 Å². The van der Waals surface area contributed by atoms with Crippen LogP contribution in [0.1, 0.15) is 33.1 Å². The topological polar surface area (TPSA) is 96.2 Å². The fraction of sp³-hybridized carbons (Fsp3) is 0.700. The summed E-state index contributed by atoms with van der Waals surface area (Å²) in [6.45, 7) is 3.08. The highest BCUT2D eigenvalue weighted by Crippen LogP contribution is 2.19. The number of hydrogen-bond donors (Lipinski definition) is 1. The van der Waals surface area contributed by atoms with Crippen LogP contribution in [0, 0.1) is 0 Å². The first-order chi connectivity index (χ1) is 7.46. The minimum absolute atomic E-state index is 0.198. The van der Waals surface area contributed by atoms with E-state index < -0.39 is 11.5 Å². The van der Waals surface area contributed by atoms with Gasteiger partial charge < -0.3 is 5.11 Å². The highest BCUT2D eigenvalue weighted by molar-refractivity contribution is 5.79. The van der Waals surface area contributed by atoms with Crippen molar-refractivity contribution in [1.82, 2.24) is 0 Å². The Morgan fingerprint density at radius 3 is 2.50 bits per heavy atom. The standard InChI is InChI=1S/C10H14N2O4/c1-8(11-6-13)4-3-5-10(2,9(15)16)12-7-14/h8H,3-5H2,1-2H3,(H,15,16). The third-order valence-corrected chi connectivity index (χ3v) is 2.31. The second-order valence-corrected chi connectivity index (χ2v) is 3.74. The van der Waals surface area contributed by atoms with Crippen LogP contribution in [0.2, 0.25) is 0 Å². The van der Waals surface area contributed by atoms with E-state index in [1.54, 1.807) is 6.92 Å². The van der Waals surface area contributed by atoms with E-state index in [9.17, 15) is 14.4 Å². The monoisotopic (exact) mass is 226 g/mol. The van der Waals surface area contributed by atoms with Crippen LogP contribution in [0.25, 0.3) is 0 Å². The molecule has 88 valence electrons. The number of isocyanates is 2. The molecule has 0 amide bonds. The van der Waals surface area contributed by atoms with Crippen molar-refractivity contribution in [2.24, 2.45) is 9.98 Å². The van der Waals surface area contributed by atoms with E-state index in [-0.39, 0.29) is 12.5 Å². The van der Waals surface area contributed by atoms with E-state index in [0.717, 1.165) is 0 Å². The molecule has 0 aromatic carbocycles. The molecular formula is C10H14N2O4. The first-order valence-corrected chi connectivity index (χ1v) is 4.85. The zero-order valence-electron chi connectivity index (χ0n) is 9.27. The van der Waals surface area contributed by atoms with Crippen LogP contribution >= 0.6 is 0 Å². The molecule has 2 atom stereocenters. The number of aliphatic carboxylic acids is 1. The van der Waals surface area contributed by atoms with Gasteiger partial charge in [0, 0.05) is 0 Å². The third kappa shape index (κ3) is 4.64. The molecule has 0 aromatic rings. The van der Waals surface area contributed by atoms with Crippen molar-refractivity contribution < 1.29 is 19.5 Å². The summed E-state index contributed by atoms with van der Waals surface area (Å²) in [5.74, 6) is -1.16. The number of rotatable bonds is 7. The molecule has 0 bridgehead atoms. The van der Waals surface area contributed by atoms with Gasteiger partial charge in [0.15, 0.2) is 5.54 Å². The fourth-order valence-corrected chi connectivity index (χ4v) is 1.21. The normalized spacial score (nSPS) is 15.1. The molecule has 0 aromatic heterocycles. The molecule has 0 heterocycles. The molecule has 0 rings (SSSR count). The number of carboxylic acids is 1. The van der Waals surface area contributed by atoms with Gasteiger partial charge in [-0.3, -0.25) is 0 Å². The Balaban J connectivity index is 4.30. The second-order valence-electron chi connectivity index (χ2n) is 3.74. The predicted molar refractivity (Wildman–Crippen MR) is 55.6 cm³/mol. The molecule has 0 saturated heterocycles. The summed E-state index contributed by atoms with van der Waals surface area (Å²) in [6.07, 6.45) is 3.95. The zero-order chi connectivity index (χ0) is 12.6. The fourth-order valence-electron chi connectivity index (χ4n) is 1.21. The summed E-state index contributed by atoms with van der Waals surface area (Å²) in [6, 6.07) is -0.198. The van der Waals surface area contributed by atoms with Gasteiger partial charge in [-0.1, -0.05) is 0 Å². The molecule has 1 N–H and O–H groups in total. The van der Waals surface area contributed by atoms with E-state index in [2.05, 4.69) is 9.98 Å². The molecule has 0 saturated carbocycles. The van der Waals surface area contributed by atoms with E-state index >= 15 is 0 Å². The summed E-state index contributed by atoms with van der Waals surface area (Å²) in [5.41, 5.74) is -1.44. The van der Waals surface area contributed by atoms with Gasteiger partial charge in [0.25, 0.3) is 0 Å². The molecule has 0 fully saturated rings. The van der Waals surface area contributed by atoms with Crippen molar-refractivity contribution in [2.75, 3.05) is 0 Å². The van der Waals surface area contributed by atoms with E-state index in [4.69, 9.17) is 5.11 Å². The Bertz CT molecular complexity index is 339. The van der Waals surface area contributed by atoms with Crippen LogP contribution in [0.4, 0.5) is 0 Å². The Morgan fingerprint density at radius 1 is 1.44 bits per heavy atom. The van der Waals surface area contributed by atoms with Gasteiger partial charge in [-0.2, -0.15) is 4.99 Å². The Labute approximate surface area is 93.1 Å². The van der Waals surface area contributed by atoms with Gasteiger partial charge in [0.1, 0.15) is 0 Å². The lowest BCUT2D eigenvalue weighted by molar-refractivity contribution is -0.142. The lowest BCUT2D eigenvalue weighted by Gasteiger charge is -2.17. The van der Waals surface area contributed by atoms with E-state index in [1.807, 2.05) is 0 Å². The summed E-state index contributed by atoms with van der Waals surface area (Å²) < 4.78 is 0. The molecule has 2 unspecified atom stereocenters. The molecule has 16 heavy (non-hydrogen) atoms. The molecule has 0 aliphatic heterocycles. The van der Waals surface area contributed by atoms with Gasteiger partial charge >= 0.3 is 5.97 Å². The first kappa shape index (κ1) is 14.2. The molecule has 6 nitrogen and oxygen atoms in total. The Kier molecular flexibility index (Phi) is 5.93. The number of carbonyl (C=O) groups excluding carboxylic acids is 2. The molecule has 0 spiro atoms. The SMILES string of the molecule is CC(CCCC(C)(N=C=O)C(=O)O)N=C=O. The van der Waals surface area contributed by atoms with Crippen LogP contribution in [0.15, 0.2) is 9.98 Å². The molecule has 6 heteroatoms. The minimum Gasteiger partial charge on any atom is -0.479 e. The minimum atomic E-state index is -1.44. The van der Waals surface area contributed by atoms with Crippen LogP contribution in [0.5, 0.6) is 0 Å². The summed E-state index contributed by atoms with van der Waals surface area (Å²) in [7, 11) is 0. The smallest absolute Gasteiger partial charge is 0.332 e. The van der Waals surface area contributed by atoms with Crippen molar-refractivity contribution in [2.45, 2.75) is 44.7 Å². The average molecular weight is 226 g/mol. The summed E-state index contributed by atoms with van der Waals surface area (Å²) in [5, 5.41) is 8.87. The quantitative estimate of drug-likeness (QED) is 0.518. The number of nitrogens with zero attached hydrogens (tertiary/aromatic N) is 2. The van der Waals surface area contributed by atoms with Crippen molar-refractivity contribution in [3.63, 3.8) is 0 Å². The Hall–Kier alpha value is -1.77. The molecule has 0 aliphatic carbocycles. The number of carboxylic acid groups (broad SMARTS) is 1. The van der Waals surface area contributed by atoms with Gasteiger partial charge in [0.2, 0.25) is 12.2 Å². The van der Waals surface area contributed by atoms with Crippen LogP contribution in [-0.2, 0) is 14.4 Å². The highest BCUT2D eigenvalue weighted by Gasteiger charge is 2.32. The van der Waals surface area contributed by atoms with Gasteiger partial charge in [-0.25, -0.2) is 19.4 Å². The lowest BCUT2D eigenvalue weighted by Crippen LogP contribution is -2.33. The molecule has 0 aliphatic rings. The van der Waals surface area contributed by atoms with Gasteiger partial charge in [0.05, 0.1) is 6.04 Å². The lowest BCUT2D eigenvalue weighted by atomic mass is 9.95. The number of aliphatic imine (C=N–C) groups is 2. The maximum atomic E-state index is 10.9. The maximum Gasteiger partial charge on any atom is 0.332 e. The van der Waals surface area contributed by atoms with Crippen LogP contribution < -0.4 is 0 Å². The van der Waals surface area contributed by atoms with Crippen molar-refractivity contribution in [3.8, 4) is 0 Å². The van der Waals surface area contributed by atoms with E-state index in [0.29, 0.717) is 12.8 Å². The zero-order valence-corrected chi connectivity index (χ0v) is 9.27. The maximum absolute atomic E-state index is 10.9. The Morgan fingerprint density at radius 2 is 2.06 bits per heavy atom. The predicted octanol–water partition coefficient (Wildman–Crippen LogP) is 1.06. The summed E-state index contributed by atoms with van der Waals surface area (Å²) >= 11 is 0. The van der Waals surface area contributed by atoms with Crippen LogP contribution in [0.3, 0.4) is 0 Å². The summed E-state index contributed by atoms with van der Waals surface area (Å²) in [4.78, 5) is 37.6. The second kappa shape index (κ2) is 6.67. The average Bonchev–Trinajstić information content (AvgIpc) is 2.18. The van der Waals surface area contributed by atoms with Crippen LogP contribution in [-0.4, -0.2) is 34.8 Å². The van der Waals surface area contributed by atoms with Crippen molar-refractivity contribution in [3.05, 3.63) is 0 Å². The third-order valence-electron chi connectivity index (χ3n) is 2.31. The molecular weight excluding hydrogens is 212 g/mol. The largest absolute Gasteiger partial charge is 0.479 e. The number of hydrogen-bond acceptors (Lipinski definition) is 5. The van der Waals surface area contributed by atoms with Crippen molar-refractivity contribution in [1.29, 1.82) is 0 Å².